The zero-order valence-electron chi connectivity index (χ0n) is 8.90. The first-order chi connectivity index (χ1) is 7.69. The van der Waals surface area contributed by atoms with Crippen LogP contribution >= 0.6 is 15.9 Å². The molecule has 1 amide bonds. The van der Waals surface area contributed by atoms with E-state index in [9.17, 15) is 4.79 Å². The maximum Gasteiger partial charge on any atom is 0.223 e. The highest BCUT2D eigenvalue weighted by atomic mass is 79.9. The summed E-state index contributed by atoms with van der Waals surface area (Å²) in [5, 5.41) is 0. The van der Waals surface area contributed by atoms with Gasteiger partial charge in [-0.2, -0.15) is 0 Å². The molecule has 1 aliphatic rings. The van der Waals surface area contributed by atoms with Crippen molar-refractivity contribution in [2.45, 2.75) is 13.0 Å². The zero-order valence-corrected chi connectivity index (χ0v) is 10.5. The van der Waals surface area contributed by atoms with Gasteiger partial charge in [0.25, 0.3) is 0 Å². The molecule has 1 aromatic rings. The van der Waals surface area contributed by atoms with E-state index in [1.807, 2.05) is 17.0 Å². The first-order valence-electron chi connectivity index (χ1n) is 5.27. The molecule has 1 fully saturated rings. The van der Waals surface area contributed by atoms with Gasteiger partial charge in [-0.15, -0.1) is 0 Å². The van der Waals surface area contributed by atoms with Crippen LogP contribution in [-0.4, -0.2) is 28.9 Å². The molecule has 1 atom stereocenters. The smallest absolute Gasteiger partial charge is 0.223 e. The standard InChI is InChI=1S/C11H14BrN3O/c12-10-2-1-8(5-14-10)6-15-7-9(4-13)3-11(15)16/h1-2,5,9H,3-4,6-7,13H2. The second-order valence-corrected chi connectivity index (χ2v) is 4.88. The van der Waals surface area contributed by atoms with Crippen LogP contribution in [0.15, 0.2) is 22.9 Å². The average molecular weight is 284 g/mol. The number of carbonyl (C=O) groups excluding carboxylic acids is 1. The Balaban J connectivity index is 2.00. The summed E-state index contributed by atoms with van der Waals surface area (Å²) in [6, 6.07) is 3.86. The number of amides is 1. The molecule has 2 heterocycles. The van der Waals surface area contributed by atoms with Crippen molar-refractivity contribution in [3.8, 4) is 0 Å². The Kier molecular flexibility index (Phi) is 3.56. The molecule has 0 bridgehead atoms. The number of pyridine rings is 1. The van der Waals surface area contributed by atoms with Gasteiger partial charge in [-0.1, -0.05) is 6.07 Å². The van der Waals surface area contributed by atoms with E-state index in [1.165, 1.54) is 0 Å². The SMILES string of the molecule is NCC1CC(=O)N(Cc2ccc(Br)nc2)C1. The number of hydrogen-bond donors (Lipinski definition) is 1. The fraction of sp³-hybridized carbons (Fsp3) is 0.455. The lowest BCUT2D eigenvalue weighted by Crippen LogP contribution is -2.25. The van der Waals surface area contributed by atoms with Gasteiger partial charge in [0, 0.05) is 25.7 Å². The maximum absolute atomic E-state index is 11.7. The Bertz CT molecular complexity index is 379. The minimum Gasteiger partial charge on any atom is -0.338 e. The molecule has 0 aromatic carbocycles. The number of rotatable bonds is 3. The van der Waals surface area contributed by atoms with E-state index in [-0.39, 0.29) is 5.91 Å². The summed E-state index contributed by atoms with van der Waals surface area (Å²) in [5.74, 6) is 0.509. The fourth-order valence-electron chi connectivity index (χ4n) is 1.89. The van der Waals surface area contributed by atoms with Crippen molar-refractivity contribution in [1.29, 1.82) is 0 Å². The molecule has 0 saturated carbocycles. The van der Waals surface area contributed by atoms with Crippen LogP contribution in [0.3, 0.4) is 0 Å². The lowest BCUT2D eigenvalue weighted by Gasteiger charge is -2.16. The summed E-state index contributed by atoms with van der Waals surface area (Å²) in [7, 11) is 0. The second-order valence-electron chi connectivity index (χ2n) is 4.07. The van der Waals surface area contributed by atoms with Gasteiger partial charge in [-0.05, 0) is 40.0 Å². The summed E-state index contributed by atoms with van der Waals surface area (Å²) < 4.78 is 0.809. The van der Waals surface area contributed by atoms with Crippen LogP contribution in [0.2, 0.25) is 0 Å². The van der Waals surface area contributed by atoms with Gasteiger partial charge in [0.2, 0.25) is 5.91 Å². The molecule has 5 heteroatoms. The first-order valence-corrected chi connectivity index (χ1v) is 6.06. The van der Waals surface area contributed by atoms with Crippen molar-refractivity contribution in [3.05, 3.63) is 28.5 Å². The number of likely N-dealkylation sites (tertiary alicyclic amines) is 1. The molecule has 2 N–H and O–H groups in total. The van der Waals surface area contributed by atoms with Gasteiger partial charge in [0.15, 0.2) is 0 Å². The largest absolute Gasteiger partial charge is 0.338 e. The van der Waals surface area contributed by atoms with Gasteiger partial charge < -0.3 is 10.6 Å². The molecule has 0 radical (unpaired) electrons. The Hall–Kier alpha value is -0.940. The highest BCUT2D eigenvalue weighted by Crippen LogP contribution is 2.19. The third kappa shape index (κ3) is 2.59. The molecule has 0 aliphatic carbocycles. The maximum atomic E-state index is 11.7. The van der Waals surface area contributed by atoms with E-state index in [0.717, 1.165) is 16.7 Å². The predicted molar refractivity (Wildman–Crippen MR) is 64.5 cm³/mol. The van der Waals surface area contributed by atoms with Crippen LogP contribution in [0.5, 0.6) is 0 Å². The van der Waals surface area contributed by atoms with E-state index >= 15 is 0 Å². The average Bonchev–Trinajstić information content (AvgIpc) is 2.63. The third-order valence-electron chi connectivity index (χ3n) is 2.79. The summed E-state index contributed by atoms with van der Waals surface area (Å²) in [6.07, 6.45) is 2.37. The van der Waals surface area contributed by atoms with Crippen molar-refractivity contribution in [2.24, 2.45) is 11.7 Å². The van der Waals surface area contributed by atoms with Crippen molar-refractivity contribution < 1.29 is 4.79 Å². The normalized spacial score (nSPS) is 20.5. The van der Waals surface area contributed by atoms with E-state index < -0.39 is 0 Å². The number of halogens is 1. The van der Waals surface area contributed by atoms with Crippen molar-refractivity contribution in [2.75, 3.05) is 13.1 Å². The molecule has 1 saturated heterocycles. The van der Waals surface area contributed by atoms with Crippen LogP contribution < -0.4 is 5.73 Å². The lowest BCUT2D eigenvalue weighted by atomic mass is 10.1. The molecule has 0 spiro atoms. The summed E-state index contributed by atoms with van der Waals surface area (Å²) in [5.41, 5.74) is 6.62. The van der Waals surface area contributed by atoms with Gasteiger partial charge in [0.05, 0.1) is 0 Å². The lowest BCUT2D eigenvalue weighted by molar-refractivity contribution is -0.128. The number of nitrogens with two attached hydrogens (primary N) is 1. The molecular formula is C11H14BrN3O. The predicted octanol–water partition coefficient (Wildman–Crippen LogP) is 1.15. The van der Waals surface area contributed by atoms with Crippen molar-refractivity contribution >= 4 is 21.8 Å². The second kappa shape index (κ2) is 4.93. The number of carbonyl (C=O) groups is 1. The highest BCUT2D eigenvalue weighted by molar-refractivity contribution is 9.10. The molecule has 4 nitrogen and oxygen atoms in total. The van der Waals surface area contributed by atoms with Gasteiger partial charge >= 0.3 is 0 Å². The summed E-state index contributed by atoms with van der Waals surface area (Å²) in [4.78, 5) is 17.6. The number of nitrogens with zero attached hydrogens (tertiary/aromatic N) is 2. The molecule has 1 unspecified atom stereocenters. The Morgan fingerprint density at radius 1 is 1.56 bits per heavy atom. The van der Waals surface area contributed by atoms with Gasteiger partial charge in [-0.25, -0.2) is 4.98 Å². The Morgan fingerprint density at radius 3 is 2.94 bits per heavy atom. The topological polar surface area (TPSA) is 59.2 Å². The van der Waals surface area contributed by atoms with Crippen LogP contribution in [0.25, 0.3) is 0 Å². The monoisotopic (exact) mass is 283 g/mol. The van der Waals surface area contributed by atoms with E-state index in [4.69, 9.17) is 5.73 Å². The fourth-order valence-corrected chi connectivity index (χ4v) is 2.12. The molecule has 1 aromatic heterocycles. The molecular weight excluding hydrogens is 270 g/mol. The molecule has 1 aliphatic heterocycles. The first kappa shape index (κ1) is 11.5. The minimum absolute atomic E-state index is 0.193. The third-order valence-corrected chi connectivity index (χ3v) is 3.26. The summed E-state index contributed by atoms with van der Waals surface area (Å²) in [6.45, 7) is 1.99. The zero-order chi connectivity index (χ0) is 11.5. The molecule has 16 heavy (non-hydrogen) atoms. The van der Waals surface area contributed by atoms with Crippen LogP contribution in [0, 0.1) is 5.92 Å². The summed E-state index contributed by atoms with van der Waals surface area (Å²) >= 11 is 3.28. The van der Waals surface area contributed by atoms with Gasteiger partial charge in [0.1, 0.15) is 4.60 Å². The molecule has 2 rings (SSSR count). The van der Waals surface area contributed by atoms with Crippen molar-refractivity contribution in [1.82, 2.24) is 9.88 Å². The number of hydrogen-bond acceptors (Lipinski definition) is 3. The Morgan fingerprint density at radius 2 is 2.38 bits per heavy atom. The van der Waals surface area contributed by atoms with E-state index in [1.54, 1.807) is 6.20 Å². The van der Waals surface area contributed by atoms with Crippen LogP contribution in [0.1, 0.15) is 12.0 Å². The minimum atomic E-state index is 0.193. The van der Waals surface area contributed by atoms with E-state index in [2.05, 4.69) is 20.9 Å². The van der Waals surface area contributed by atoms with Crippen molar-refractivity contribution in [3.63, 3.8) is 0 Å². The van der Waals surface area contributed by atoms with Crippen LogP contribution in [0.4, 0.5) is 0 Å². The number of aromatic nitrogens is 1. The van der Waals surface area contributed by atoms with Gasteiger partial charge in [-0.3, -0.25) is 4.79 Å². The highest BCUT2D eigenvalue weighted by Gasteiger charge is 2.28. The quantitative estimate of drug-likeness (QED) is 0.847. The molecule has 86 valence electrons. The Labute approximate surface area is 103 Å². The van der Waals surface area contributed by atoms with E-state index in [0.29, 0.717) is 25.4 Å². The van der Waals surface area contributed by atoms with Crippen LogP contribution in [-0.2, 0) is 11.3 Å².